The lowest BCUT2D eigenvalue weighted by Gasteiger charge is -2.19. The quantitative estimate of drug-likeness (QED) is 0.308. The van der Waals surface area contributed by atoms with Gasteiger partial charge in [0.15, 0.2) is 23.0 Å². The highest BCUT2D eigenvalue weighted by Gasteiger charge is 2.31. The first-order chi connectivity index (χ1) is 16.4. The van der Waals surface area contributed by atoms with E-state index in [4.69, 9.17) is 33.2 Å². The maximum atomic E-state index is 11.0. The number of rotatable bonds is 11. The molecule has 2 aromatic rings. The van der Waals surface area contributed by atoms with Gasteiger partial charge >= 0.3 is 5.97 Å². The zero-order valence-electron chi connectivity index (χ0n) is 20.2. The van der Waals surface area contributed by atoms with Crippen LogP contribution < -0.4 is 28.4 Å². The lowest BCUT2D eigenvalue weighted by atomic mass is 10.1. The van der Waals surface area contributed by atoms with Crippen LogP contribution >= 0.6 is 23.5 Å². The topological polar surface area (TPSA) is 81.7 Å². The van der Waals surface area contributed by atoms with Gasteiger partial charge in [-0.25, -0.2) is 0 Å². The molecule has 1 saturated heterocycles. The molecule has 2 atom stereocenters. The van der Waals surface area contributed by atoms with Crippen molar-refractivity contribution in [1.29, 1.82) is 0 Å². The van der Waals surface area contributed by atoms with Crippen LogP contribution in [0.2, 0.25) is 0 Å². The summed E-state index contributed by atoms with van der Waals surface area (Å²) in [7, 11) is 8.01. The summed E-state index contributed by atoms with van der Waals surface area (Å²) in [5.41, 5.74) is 2.17. The predicted octanol–water partition coefficient (Wildman–Crippen LogP) is 4.89. The Morgan fingerprint density at radius 3 is 1.82 bits per heavy atom. The van der Waals surface area contributed by atoms with Gasteiger partial charge in [-0.3, -0.25) is 4.79 Å². The largest absolute Gasteiger partial charge is 0.493 e. The molecule has 0 bridgehead atoms. The molecule has 8 nitrogen and oxygen atoms in total. The lowest BCUT2D eigenvalue weighted by Crippen LogP contribution is -2.10. The molecule has 0 aromatic heterocycles. The Bertz CT molecular complexity index is 947. The van der Waals surface area contributed by atoms with Crippen molar-refractivity contribution in [3.8, 4) is 34.5 Å². The number of hydrogen-bond acceptors (Lipinski definition) is 10. The normalized spacial score (nSPS) is 17.1. The second-order valence-corrected chi connectivity index (χ2v) is 9.94. The molecule has 0 saturated carbocycles. The molecule has 0 unspecified atom stereocenters. The van der Waals surface area contributed by atoms with Crippen molar-refractivity contribution >= 4 is 29.5 Å². The van der Waals surface area contributed by atoms with Gasteiger partial charge in [-0.05, 0) is 35.4 Å². The average Bonchev–Trinajstić information content (AvgIpc) is 3.35. The third kappa shape index (κ3) is 5.90. The van der Waals surface area contributed by atoms with Crippen LogP contribution in [0.15, 0.2) is 24.3 Å². The van der Waals surface area contributed by atoms with Crippen LogP contribution in [-0.4, -0.2) is 60.5 Å². The molecule has 2 aromatic carbocycles. The van der Waals surface area contributed by atoms with Gasteiger partial charge in [0.1, 0.15) is 13.2 Å². The van der Waals surface area contributed by atoms with Crippen molar-refractivity contribution in [2.75, 3.05) is 54.5 Å². The summed E-state index contributed by atoms with van der Waals surface area (Å²) < 4.78 is 38.6. The SMILES string of the molecule is COc1cc([C@H]2CS[C@H](c3cc(OC)c(OCCOC(C)=O)c(OC)c3)S2)cc(OC)c1OC. The fourth-order valence-corrected chi connectivity index (χ4v) is 6.80. The van der Waals surface area contributed by atoms with E-state index in [0.717, 1.165) is 16.9 Å². The summed E-state index contributed by atoms with van der Waals surface area (Å²) in [6.07, 6.45) is 0. The van der Waals surface area contributed by atoms with Crippen LogP contribution in [0.5, 0.6) is 34.5 Å². The van der Waals surface area contributed by atoms with Gasteiger partial charge in [-0.2, -0.15) is 0 Å². The average molecular weight is 511 g/mol. The highest BCUT2D eigenvalue weighted by atomic mass is 32.2. The molecule has 186 valence electrons. The van der Waals surface area contributed by atoms with E-state index >= 15 is 0 Å². The number of methoxy groups -OCH3 is 5. The van der Waals surface area contributed by atoms with Gasteiger partial charge in [0.2, 0.25) is 11.5 Å². The number of thioether (sulfide) groups is 2. The Balaban J connectivity index is 1.80. The third-order valence-electron chi connectivity index (χ3n) is 5.14. The molecule has 1 heterocycles. The monoisotopic (exact) mass is 510 g/mol. The first kappa shape index (κ1) is 26.0. The van der Waals surface area contributed by atoms with Crippen LogP contribution in [0.3, 0.4) is 0 Å². The van der Waals surface area contributed by atoms with Crippen molar-refractivity contribution in [2.24, 2.45) is 0 Å². The molecule has 0 N–H and O–H groups in total. The Kier molecular flexibility index (Phi) is 9.35. The van der Waals surface area contributed by atoms with Crippen LogP contribution in [-0.2, 0) is 9.53 Å². The van der Waals surface area contributed by atoms with Gasteiger partial charge < -0.3 is 33.2 Å². The van der Waals surface area contributed by atoms with E-state index in [1.54, 1.807) is 35.5 Å². The van der Waals surface area contributed by atoms with E-state index in [1.165, 1.54) is 6.92 Å². The number of hydrogen-bond donors (Lipinski definition) is 0. The van der Waals surface area contributed by atoms with Crippen molar-refractivity contribution in [3.63, 3.8) is 0 Å². The first-order valence-electron chi connectivity index (χ1n) is 10.5. The minimum Gasteiger partial charge on any atom is -0.493 e. The molecule has 3 rings (SSSR count). The fourth-order valence-electron chi connectivity index (χ4n) is 3.55. The van der Waals surface area contributed by atoms with E-state index in [-0.39, 0.29) is 29.0 Å². The Morgan fingerprint density at radius 1 is 0.794 bits per heavy atom. The number of carbonyl (C=O) groups excluding carboxylic acids is 1. The summed E-state index contributed by atoms with van der Waals surface area (Å²) in [4.78, 5) is 11.0. The molecule has 34 heavy (non-hydrogen) atoms. The van der Waals surface area contributed by atoms with Gasteiger partial charge in [0, 0.05) is 17.9 Å². The molecular weight excluding hydrogens is 480 g/mol. The van der Waals surface area contributed by atoms with Crippen LogP contribution in [0, 0.1) is 0 Å². The number of benzene rings is 2. The van der Waals surface area contributed by atoms with E-state index in [9.17, 15) is 4.79 Å². The molecule has 0 aliphatic carbocycles. The summed E-state index contributed by atoms with van der Waals surface area (Å²) in [5, 5.41) is 0.236. The maximum absolute atomic E-state index is 11.0. The molecule has 10 heteroatoms. The molecule has 1 aliphatic heterocycles. The van der Waals surface area contributed by atoms with Gasteiger partial charge in [-0.1, -0.05) is 0 Å². The van der Waals surface area contributed by atoms with Crippen molar-refractivity contribution < 1.29 is 38.0 Å². The first-order valence-corrected chi connectivity index (χ1v) is 12.5. The second kappa shape index (κ2) is 12.2. The predicted molar refractivity (Wildman–Crippen MR) is 133 cm³/mol. The zero-order chi connectivity index (χ0) is 24.7. The Morgan fingerprint density at radius 2 is 1.32 bits per heavy atom. The molecule has 1 aliphatic rings. The van der Waals surface area contributed by atoms with Crippen molar-refractivity contribution in [3.05, 3.63) is 35.4 Å². The zero-order valence-corrected chi connectivity index (χ0v) is 21.8. The highest BCUT2D eigenvalue weighted by molar-refractivity contribution is 8.19. The summed E-state index contributed by atoms with van der Waals surface area (Å²) in [6, 6.07) is 7.93. The van der Waals surface area contributed by atoms with E-state index in [1.807, 2.05) is 47.8 Å². The van der Waals surface area contributed by atoms with Gasteiger partial charge in [-0.15, -0.1) is 23.5 Å². The standard InChI is InChI=1S/C24H30O8S2/c1-14(25)31-7-8-32-23-19(28-4)11-16(12-20(23)29-5)24-33-13-21(34-24)15-9-17(26-2)22(30-6)18(10-15)27-3/h9-12,21,24H,7-8,13H2,1-6H3/t21-,24+/m1/s1. The maximum Gasteiger partial charge on any atom is 0.302 e. The van der Waals surface area contributed by atoms with Crippen LogP contribution in [0.4, 0.5) is 0 Å². The lowest BCUT2D eigenvalue weighted by molar-refractivity contribution is -0.141. The van der Waals surface area contributed by atoms with Crippen LogP contribution in [0.25, 0.3) is 0 Å². The molecule has 0 radical (unpaired) electrons. The Hall–Kier alpha value is -2.59. The second-order valence-electron chi connectivity index (χ2n) is 7.19. The van der Waals surface area contributed by atoms with E-state index in [0.29, 0.717) is 34.5 Å². The number of esters is 1. The summed E-state index contributed by atoms with van der Waals surface area (Å²) in [5.74, 6) is 4.04. The van der Waals surface area contributed by atoms with Crippen molar-refractivity contribution in [2.45, 2.75) is 16.8 Å². The Labute approximate surface area is 208 Å². The van der Waals surface area contributed by atoms with Gasteiger partial charge in [0.05, 0.1) is 40.1 Å². The molecule has 0 amide bonds. The number of carbonyl (C=O) groups is 1. The highest BCUT2D eigenvalue weighted by Crippen LogP contribution is 2.58. The van der Waals surface area contributed by atoms with Crippen LogP contribution in [0.1, 0.15) is 27.9 Å². The van der Waals surface area contributed by atoms with E-state index < -0.39 is 0 Å². The molecule has 1 fully saturated rings. The summed E-state index contributed by atoms with van der Waals surface area (Å²) in [6.45, 7) is 1.70. The van der Waals surface area contributed by atoms with Crippen molar-refractivity contribution in [1.82, 2.24) is 0 Å². The van der Waals surface area contributed by atoms with E-state index in [2.05, 4.69) is 0 Å². The minimum absolute atomic E-state index is 0.147. The van der Waals surface area contributed by atoms with Gasteiger partial charge in [0.25, 0.3) is 0 Å². The summed E-state index contributed by atoms with van der Waals surface area (Å²) >= 11 is 3.68. The molecule has 0 spiro atoms. The molecular formula is C24H30O8S2. The third-order valence-corrected chi connectivity index (χ3v) is 8.48. The smallest absolute Gasteiger partial charge is 0.302 e. The number of ether oxygens (including phenoxy) is 7. The fraction of sp³-hybridized carbons (Fsp3) is 0.458. The minimum atomic E-state index is -0.352.